The van der Waals surface area contributed by atoms with Crippen molar-refractivity contribution in [1.29, 1.82) is 0 Å². The van der Waals surface area contributed by atoms with Gasteiger partial charge in [-0.2, -0.15) is 8.78 Å². The molecule has 26 heavy (non-hydrogen) atoms. The molecule has 0 unspecified atom stereocenters. The van der Waals surface area contributed by atoms with Crippen LogP contribution in [-0.4, -0.2) is 20.9 Å². The fourth-order valence-corrected chi connectivity index (χ4v) is 3.65. The van der Waals surface area contributed by atoms with Crippen molar-refractivity contribution < 1.29 is 8.78 Å². The van der Waals surface area contributed by atoms with Gasteiger partial charge in [-0.15, -0.1) is 0 Å². The summed E-state index contributed by atoms with van der Waals surface area (Å²) in [6, 6.07) is 9.24. The first-order valence-corrected chi connectivity index (χ1v) is 8.67. The lowest BCUT2D eigenvalue weighted by Crippen LogP contribution is -2.45. The molecular weight excluding hydrogens is 332 g/mol. The highest BCUT2D eigenvalue weighted by Crippen LogP contribution is 2.47. The Kier molecular flexibility index (Phi) is 3.39. The van der Waals surface area contributed by atoms with Gasteiger partial charge in [0.1, 0.15) is 17.7 Å². The van der Waals surface area contributed by atoms with E-state index >= 15 is 8.78 Å². The zero-order chi connectivity index (χ0) is 18.9. The molecule has 0 N–H and O–H groups in total. The molecule has 1 aliphatic heterocycles. The van der Waals surface area contributed by atoms with Gasteiger partial charge in [0, 0.05) is 11.1 Å². The molecular formula is C21H21F2N3. The molecule has 2 aromatic carbocycles. The molecule has 3 aromatic rings. The predicted molar refractivity (Wildman–Crippen MR) is 100 cm³/mol. The van der Waals surface area contributed by atoms with Crippen LogP contribution in [0.25, 0.3) is 11.0 Å². The van der Waals surface area contributed by atoms with E-state index in [1.54, 1.807) is 31.5 Å². The lowest BCUT2D eigenvalue weighted by molar-refractivity contribution is -0.0689. The molecule has 0 saturated carbocycles. The summed E-state index contributed by atoms with van der Waals surface area (Å²) in [5, 5.41) is 0. The number of alkyl halides is 2. The number of hydrogen-bond donors (Lipinski definition) is 0. The van der Waals surface area contributed by atoms with Gasteiger partial charge in [-0.05, 0) is 57.4 Å². The molecule has 4 rings (SSSR count). The molecule has 2 heterocycles. The first kappa shape index (κ1) is 16.9. The summed E-state index contributed by atoms with van der Waals surface area (Å²) in [6.45, 7) is 8.75. The molecule has 0 spiro atoms. The van der Waals surface area contributed by atoms with Crippen LogP contribution in [0.4, 0.5) is 8.78 Å². The van der Waals surface area contributed by atoms with E-state index in [2.05, 4.69) is 9.98 Å². The van der Waals surface area contributed by atoms with Gasteiger partial charge >= 0.3 is 0 Å². The number of aryl methyl sites for hydroxylation is 3. The Morgan fingerprint density at radius 2 is 1.69 bits per heavy atom. The molecule has 3 nitrogen and oxygen atoms in total. The van der Waals surface area contributed by atoms with Gasteiger partial charge in [0.2, 0.25) is 0 Å². The molecule has 0 aliphatic carbocycles. The van der Waals surface area contributed by atoms with E-state index in [-0.39, 0.29) is 5.56 Å². The van der Waals surface area contributed by atoms with E-state index in [1.165, 1.54) is 13.8 Å². The number of aromatic nitrogens is 2. The van der Waals surface area contributed by atoms with Gasteiger partial charge < -0.3 is 0 Å². The van der Waals surface area contributed by atoms with Crippen molar-refractivity contribution in [1.82, 2.24) is 9.55 Å². The Labute approximate surface area is 151 Å². The van der Waals surface area contributed by atoms with Crippen LogP contribution in [0.15, 0.2) is 41.7 Å². The van der Waals surface area contributed by atoms with Crippen LogP contribution >= 0.6 is 0 Å². The fraction of sp³-hybridized carbons (Fsp3) is 0.333. The van der Waals surface area contributed by atoms with Crippen molar-refractivity contribution in [3.05, 3.63) is 64.5 Å². The highest BCUT2D eigenvalue weighted by molar-refractivity contribution is 6.07. The van der Waals surface area contributed by atoms with Gasteiger partial charge in [0.15, 0.2) is 0 Å². The van der Waals surface area contributed by atoms with Crippen molar-refractivity contribution in [2.24, 2.45) is 4.99 Å². The van der Waals surface area contributed by atoms with Crippen LogP contribution in [0, 0.1) is 20.8 Å². The third-order valence-corrected chi connectivity index (χ3v) is 5.45. The van der Waals surface area contributed by atoms with Gasteiger partial charge in [-0.25, -0.2) is 4.98 Å². The fourth-order valence-electron chi connectivity index (χ4n) is 3.65. The third-order valence-electron chi connectivity index (χ3n) is 5.45. The van der Waals surface area contributed by atoms with E-state index in [1.807, 2.05) is 30.5 Å². The number of nitrogens with zero attached hydrogens (tertiary/aromatic N) is 3. The minimum absolute atomic E-state index is 0.0562. The average Bonchev–Trinajstić information content (AvgIpc) is 2.99. The molecule has 0 bridgehead atoms. The summed E-state index contributed by atoms with van der Waals surface area (Å²) < 4.78 is 32.1. The Morgan fingerprint density at radius 1 is 0.962 bits per heavy atom. The second kappa shape index (κ2) is 5.22. The summed E-state index contributed by atoms with van der Waals surface area (Å²) in [5.74, 6) is -2.52. The molecule has 0 amide bonds. The maximum absolute atomic E-state index is 15.1. The van der Waals surface area contributed by atoms with Crippen molar-refractivity contribution in [2.75, 3.05) is 0 Å². The number of benzene rings is 2. The number of imidazole rings is 1. The number of rotatable bonds is 0. The average molecular weight is 353 g/mol. The highest BCUT2D eigenvalue weighted by atomic mass is 19.3. The Hall–Kier alpha value is -2.56. The molecule has 5 heteroatoms. The maximum Gasteiger partial charge on any atom is 0.298 e. The normalized spacial score (nSPS) is 17.9. The molecule has 1 aromatic heterocycles. The minimum Gasteiger partial charge on any atom is -0.283 e. The summed E-state index contributed by atoms with van der Waals surface area (Å²) in [5.41, 5.74) is 3.54. The first-order chi connectivity index (χ1) is 12.1. The van der Waals surface area contributed by atoms with E-state index in [4.69, 9.17) is 0 Å². The maximum atomic E-state index is 15.1. The van der Waals surface area contributed by atoms with Crippen molar-refractivity contribution in [3.8, 4) is 0 Å². The Balaban J connectivity index is 2.06. The zero-order valence-electron chi connectivity index (χ0n) is 15.6. The standard InChI is InChI=1S/C21H21F2N3/c1-12-9-10-16-18(14(12)3)24-11-26(16)19-15-8-6-7-13(2)17(15)21(22,23)20(4,5)25-19/h6-11H,1-5H3. The molecule has 0 saturated heterocycles. The molecule has 1 aliphatic rings. The van der Waals surface area contributed by atoms with Gasteiger partial charge in [0.05, 0.1) is 11.0 Å². The predicted octanol–water partition coefficient (Wildman–Crippen LogP) is 5.14. The quantitative estimate of drug-likeness (QED) is 0.550. The highest BCUT2D eigenvalue weighted by Gasteiger charge is 2.53. The van der Waals surface area contributed by atoms with Crippen molar-refractivity contribution >= 4 is 16.9 Å². The largest absolute Gasteiger partial charge is 0.298 e. The lowest BCUT2D eigenvalue weighted by Gasteiger charge is -2.38. The zero-order valence-corrected chi connectivity index (χ0v) is 15.6. The summed E-state index contributed by atoms with van der Waals surface area (Å²) >= 11 is 0. The van der Waals surface area contributed by atoms with Crippen LogP contribution in [0.3, 0.4) is 0 Å². The number of aliphatic imine (C=N–C) groups is 1. The number of hydrogen-bond acceptors (Lipinski definition) is 2. The monoisotopic (exact) mass is 353 g/mol. The van der Waals surface area contributed by atoms with Gasteiger partial charge in [-0.1, -0.05) is 24.3 Å². The number of fused-ring (bicyclic) bond motifs is 2. The third kappa shape index (κ3) is 2.09. The van der Waals surface area contributed by atoms with Crippen LogP contribution < -0.4 is 0 Å². The van der Waals surface area contributed by atoms with Crippen LogP contribution in [-0.2, 0) is 5.92 Å². The van der Waals surface area contributed by atoms with E-state index in [9.17, 15) is 0 Å². The summed E-state index contributed by atoms with van der Waals surface area (Å²) in [7, 11) is 0. The summed E-state index contributed by atoms with van der Waals surface area (Å²) in [6.07, 6.45) is 1.68. The SMILES string of the molecule is Cc1cccc2c1C(F)(F)C(C)(C)N=C2n1cnc2c(C)c(C)ccc21. The second-order valence-corrected chi connectivity index (χ2v) is 7.56. The van der Waals surface area contributed by atoms with Crippen LogP contribution in [0.1, 0.15) is 41.7 Å². The minimum atomic E-state index is -3.04. The first-order valence-electron chi connectivity index (χ1n) is 8.67. The molecule has 0 atom stereocenters. The van der Waals surface area contributed by atoms with E-state index in [0.717, 1.165) is 22.2 Å². The molecule has 0 radical (unpaired) electrons. The van der Waals surface area contributed by atoms with Gasteiger partial charge in [0.25, 0.3) is 5.92 Å². The summed E-state index contributed by atoms with van der Waals surface area (Å²) in [4.78, 5) is 9.01. The van der Waals surface area contributed by atoms with E-state index < -0.39 is 11.5 Å². The van der Waals surface area contributed by atoms with E-state index in [0.29, 0.717) is 17.0 Å². The lowest BCUT2D eigenvalue weighted by atomic mass is 9.82. The second-order valence-electron chi connectivity index (χ2n) is 7.56. The van der Waals surface area contributed by atoms with Crippen LogP contribution in [0.5, 0.6) is 0 Å². The smallest absolute Gasteiger partial charge is 0.283 e. The molecule has 134 valence electrons. The Morgan fingerprint density at radius 3 is 2.42 bits per heavy atom. The molecule has 0 fully saturated rings. The van der Waals surface area contributed by atoms with Gasteiger partial charge in [-0.3, -0.25) is 9.56 Å². The van der Waals surface area contributed by atoms with Crippen LogP contribution in [0.2, 0.25) is 0 Å². The van der Waals surface area contributed by atoms with Crippen molar-refractivity contribution in [2.45, 2.75) is 46.1 Å². The van der Waals surface area contributed by atoms with Crippen molar-refractivity contribution in [3.63, 3.8) is 0 Å². The number of halogens is 2. The Bertz CT molecular complexity index is 1070. The topological polar surface area (TPSA) is 30.2 Å².